The fourth-order valence-corrected chi connectivity index (χ4v) is 2.56. The van der Waals surface area contributed by atoms with Crippen LogP contribution in [0.3, 0.4) is 0 Å². The number of nitrogens with one attached hydrogen (secondary N) is 1. The van der Waals surface area contributed by atoms with E-state index >= 15 is 0 Å². The average molecular weight is 267 g/mol. The lowest BCUT2D eigenvalue weighted by Crippen LogP contribution is -2.41. The maximum Gasteiger partial charge on any atom is 0.161 e. The number of rotatable bonds is 2. The predicted molar refractivity (Wildman–Crippen MR) is 66.8 cm³/mol. The van der Waals surface area contributed by atoms with E-state index in [1.165, 1.54) is 0 Å². The molecule has 6 heteroatoms. The topological polar surface area (TPSA) is 63.9 Å². The third-order valence-corrected chi connectivity index (χ3v) is 3.87. The highest BCUT2D eigenvalue weighted by atomic mass is 19.2. The minimum atomic E-state index is -0.890. The Morgan fingerprint density at radius 3 is 2.63 bits per heavy atom. The third kappa shape index (κ3) is 2.01. The van der Waals surface area contributed by atoms with Crippen molar-refractivity contribution in [3.8, 4) is 0 Å². The number of ether oxygens (including phenoxy) is 1. The van der Waals surface area contributed by atoms with Crippen molar-refractivity contribution >= 4 is 11.0 Å². The number of halogens is 2. The van der Waals surface area contributed by atoms with Crippen molar-refractivity contribution in [3.63, 3.8) is 0 Å². The van der Waals surface area contributed by atoms with Crippen molar-refractivity contribution in [2.45, 2.75) is 18.3 Å². The van der Waals surface area contributed by atoms with Gasteiger partial charge in [-0.2, -0.15) is 0 Å². The average Bonchev–Trinajstić information content (AvgIpc) is 2.83. The van der Waals surface area contributed by atoms with Crippen LogP contribution in [0.2, 0.25) is 0 Å². The van der Waals surface area contributed by atoms with Crippen LogP contribution in [-0.4, -0.2) is 29.7 Å². The molecule has 4 nitrogen and oxygen atoms in total. The lowest BCUT2D eigenvalue weighted by atomic mass is 9.79. The van der Waals surface area contributed by atoms with Crippen molar-refractivity contribution in [1.82, 2.24) is 9.97 Å². The third-order valence-electron chi connectivity index (χ3n) is 3.87. The monoisotopic (exact) mass is 267 g/mol. The van der Waals surface area contributed by atoms with E-state index in [0.717, 1.165) is 25.0 Å². The van der Waals surface area contributed by atoms with Crippen molar-refractivity contribution in [2.24, 2.45) is 5.73 Å². The quantitative estimate of drug-likeness (QED) is 0.872. The number of aromatic nitrogens is 2. The zero-order valence-electron chi connectivity index (χ0n) is 10.4. The van der Waals surface area contributed by atoms with E-state index in [4.69, 9.17) is 10.5 Å². The van der Waals surface area contributed by atoms with Gasteiger partial charge in [-0.05, 0) is 12.8 Å². The molecule has 3 rings (SSSR count). The van der Waals surface area contributed by atoms with Crippen LogP contribution in [-0.2, 0) is 10.2 Å². The van der Waals surface area contributed by atoms with Crippen LogP contribution in [0.15, 0.2) is 12.1 Å². The highest BCUT2D eigenvalue weighted by Gasteiger charge is 2.36. The first kappa shape index (κ1) is 12.5. The zero-order valence-corrected chi connectivity index (χ0v) is 10.4. The van der Waals surface area contributed by atoms with E-state index in [2.05, 4.69) is 9.97 Å². The van der Waals surface area contributed by atoms with Gasteiger partial charge in [-0.1, -0.05) is 0 Å². The number of benzene rings is 1. The molecule has 1 aromatic carbocycles. The van der Waals surface area contributed by atoms with Crippen molar-refractivity contribution in [3.05, 3.63) is 29.6 Å². The molecule has 0 aliphatic carbocycles. The summed E-state index contributed by atoms with van der Waals surface area (Å²) < 4.78 is 31.8. The largest absolute Gasteiger partial charge is 0.381 e. The van der Waals surface area contributed by atoms with Crippen LogP contribution in [0.5, 0.6) is 0 Å². The Labute approximate surface area is 109 Å². The van der Waals surface area contributed by atoms with E-state index in [-0.39, 0.29) is 5.41 Å². The van der Waals surface area contributed by atoms with E-state index in [1.54, 1.807) is 0 Å². The van der Waals surface area contributed by atoms with Gasteiger partial charge in [-0.3, -0.25) is 0 Å². The molecule has 2 aromatic rings. The van der Waals surface area contributed by atoms with Crippen LogP contribution < -0.4 is 5.73 Å². The lowest BCUT2D eigenvalue weighted by molar-refractivity contribution is 0.0503. The summed E-state index contributed by atoms with van der Waals surface area (Å²) in [6.45, 7) is 1.68. The Kier molecular flexibility index (Phi) is 2.99. The normalized spacial score (nSPS) is 18.9. The molecule has 3 N–H and O–H groups in total. The second-order valence-electron chi connectivity index (χ2n) is 4.97. The molecule has 0 spiro atoms. The molecule has 0 atom stereocenters. The van der Waals surface area contributed by atoms with E-state index in [0.29, 0.717) is 36.6 Å². The molecule has 1 fully saturated rings. The summed E-state index contributed by atoms with van der Waals surface area (Å²) in [5.74, 6) is -1.07. The number of hydrogen-bond donors (Lipinski definition) is 2. The van der Waals surface area contributed by atoms with Crippen LogP contribution in [0.25, 0.3) is 11.0 Å². The summed E-state index contributed by atoms with van der Waals surface area (Å²) >= 11 is 0. The predicted octanol–water partition coefficient (Wildman–Crippen LogP) is 1.85. The van der Waals surface area contributed by atoms with Crippen LogP contribution in [0.1, 0.15) is 18.7 Å². The summed E-state index contributed by atoms with van der Waals surface area (Å²) in [6.07, 6.45) is 1.52. The molecule has 2 heterocycles. The number of nitrogens with zero attached hydrogens (tertiary/aromatic N) is 1. The molecule has 0 radical (unpaired) electrons. The highest BCUT2D eigenvalue weighted by molar-refractivity contribution is 5.75. The van der Waals surface area contributed by atoms with Crippen LogP contribution in [0, 0.1) is 11.6 Å². The summed E-state index contributed by atoms with van der Waals surface area (Å²) in [5, 5.41) is 0. The number of aromatic amines is 1. The number of H-pyrrole nitrogens is 1. The summed E-state index contributed by atoms with van der Waals surface area (Å²) in [5.41, 5.74) is 6.52. The summed E-state index contributed by atoms with van der Waals surface area (Å²) in [6, 6.07) is 2.24. The molecule has 0 saturated carbocycles. The maximum atomic E-state index is 13.2. The zero-order chi connectivity index (χ0) is 13.5. The first-order valence-corrected chi connectivity index (χ1v) is 6.28. The van der Waals surface area contributed by atoms with Gasteiger partial charge in [0.25, 0.3) is 0 Å². The summed E-state index contributed by atoms with van der Waals surface area (Å²) in [7, 11) is 0. The molecule has 0 unspecified atom stereocenters. The molecule has 1 aromatic heterocycles. The fourth-order valence-electron chi connectivity index (χ4n) is 2.56. The molecule has 0 amide bonds. The summed E-state index contributed by atoms with van der Waals surface area (Å²) in [4.78, 5) is 7.46. The number of imidazole rings is 1. The molecule has 19 heavy (non-hydrogen) atoms. The SMILES string of the molecule is NCC1(c2nc3cc(F)c(F)cc3[nH]2)CCOCC1. The van der Waals surface area contributed by atoms with Crippen LogP contribution >= 0.6 is 0 Å². The molecular formula is C13H15F2N3O. The molecule has 1 aliphatic heterocycles. The van der Waals surface area contributed by atoms with Crippen LogP contribution in [0.4, 0.5) is 8.78 Å². The molecule has 0 bridgehead atoms. The Morgan fingerprint density at radius 2 is 1.95 bits per heavy atom. The second kappa shape index (κ2) is 4.54. The molecule has 1 saturated heterocycles. The molecule has 1 aliphatic rings. The lowest BCUT2D eigenvalue weighted by Gasteiger charge is -2.34. The number of nitrogens with two attached hydrogens (primary N) is 1. The van der Waals surface area contributed by atoms with E-state index in [9.17, 15) is 8.78 Å². The number of hydrogen-bond acceptors (Lipinski definition) is 3. The highest BCUT2D eigenvalue weighted by Crippen LogP contribution is 2.33. The number of fused-ring (bicyclic) bond motifs is 1. The van der Waals surface area contributed by atoms with Gasteiger partial charge in [-0.15, -0.1) is 0 Å². The Morgan fingerprint density at radius 1 is 1.26 bits per heavy atom. The van der Waals surface area contributed by atoms with Gasteiger partial charge in [-0.25, -0.2) is 13.8 Å². The first-order chi connectivity index (χ1) is 9.14. The van der Waals surface area contributed by atoms with Gasteiger partial charge in [0, 0.05) is 37.3 Å². The van der Waals surface area contributed by atoms with E-state index < -0.39 is 11.6 Å². The van der Waals surface area contributed by atoms with Gasteiger partial charge in [0.15, 0.2) is 11.6 Å². The molecular weight excluding hydrogens is 252 g/mol. The maximum absolute atomic E-state index is 13.2. The van der Waals surface area contributed by atoms with Gasteiger partial charge in [0.1, 0.15) is 5.82 Å². The molecule has 102 valence electrons. The van der Waals surface area contributed by atoms with Crippen molar-refractivity contribution in [1.29, 1.82) is 0 Å². The second-order valence-corrected chi connectivity index (χ2v) is 4.97. The van der Waals surface area contributed by atoms with Gasteiger partial charge < -0.3 is 15.5 Å². The van der Waals surface area contributed by atoms with Crippen molar-refractivity contribution < 1.29 is 13.5 Å². The van der Waals surface area contributed by atoms with Gasteiger partial charge >= 0.3 is 0 Å². The smallest absolute Gasteiger partial charge is 0.161 e. The van der Waals surface area contributed by atoms with Gasteiger partial charge in [0.05, 0.1) is 11.0 Å². The van der Waals surface area contributed by atoms with Crippen molar-refractivity contribution in [2.75, 3.05) is 19.8 Å². The van der Waals surface area contributed by atoms with Gasteiger partial charge in [0.2, 0.25) is 0 Å². The standard InChI is InChI=1S/C13H15F2N3O/c14-8-5-10-11(6-9(8)15)18-12(17-10)13(7-16)1-3-19-4-2-13/h5-6H,1-4,7,16H2,(H,17,18). The Bertz CT molecular complexity index is 566. The minimum absolute atomic E-state index is 0.287. The fraction of sp³-hybridized carbons (Fsp3) is 0.462. The first-order valence-electron chi connectivity index (χ1n) is 6.28. The van der Waals surface area contributed by atoms with E-state index in [1.807, 2.05) is 0 Å². The minimum Gasteiger partial charge on any atom is -0.381 e. The Balaban J connectivity index is 2.09. The Hall–Kier alpha value is -1.53.